The van der Waals surface area contributed by atoms with E-state index in [0.29, 0.717) is 69.8 Å². The fraction of sp³-hybridized carbons (Fsp3) is 0.229. The summed E-state index contributed by atoms with van der Waals surface area (Å²) in [7, 11) is 1.58. The SMILES string of the molecule is COCCn1c(Cc2ccc(-c3cccc(OCc4ccc([C-]=CC5CC5)cc4F)n3)cc2F)nc2ccc(C(=O)O)cc21. The number of imidazole rings is 1. The fourth-order valence-corrected chi connectivity index (χ4v) is 4.93. The number of halogens is 2. The molecule has 0 spiro atoms. The number of pyridine rings is 1. The quantitative estimate of drug-likeness (QED) is 0.157. The van der Waals surface area contributed by atoms with Crippen molar-refractivity contribution in [2.75, 3.05) is 13.7 Å². The molecule has 44 heavy (non-hydrogen) atoms. The smallest absolute Gasteiger partial charge is 0.335 e. The number of nitrogens with zero attached hydrogens (tertiary/aromatic N) is 3. The van der Waals surface area contributed by atoms with E-state index in [9.17, 15) is 14.3 Å². The van der Waals surface area contributed by atoms with Crippen molar-refractivity contribution in [2.24, 2.45) is 5.92 Å². The maximum atomic E-state index is 15.4. The van der Waals surface area contributed by atoms with Gasteiger partial charge in [0.15, 0.2) is 0 Å². The Hall–Kier alpha value is -4.89. The minimum Gasteiger partial charge on any atom is -0.478 e. The lowest BCUT2D eigenvalue weighted by molar-refractivity contribution is 0.0697. The first-order chi connectivity index (χ1) is 21.4. The van der Waals surface area contributed by atoms with Gasteiger partial charge in [0.1, 0.15) is 18.2 Å². The number of ether oxygens (including phenoxy) is 2. The Labute approximate surface area is 253 Å². The minimum absolute atomic E-state index is 0.000233. The van der Waals surface area contributed by atoms with E-state index >= 15 is 4.39 Å². The molecule has 0 atom stereocenters. The summed E-state index contributed by atoms with van der Waals surface area (Å²) in [5.41, 5.74) is 4.02. The van der Waals surface area contributed by atoms with Gasteiger partial charge in [-0.3, -0.25) is 0 Å². The molecule has 1 fully saturated rings. The van der Waals surface area contributed by atoms with Crippen LogP contribution >= 0.6 is 0 Å². The molecule has 1 saturated carbocycles. The van der Waals surface area contributed by atoms with Crippen LogP contribution < -0.4 is 4.74 Å². The van der Waals surface area contributed by atoms with E-state index in [-0.39, 0.29) is 24.4 Å². The maximum Gasteiger partial charge on any atom is 0.335 e. The third-order valence-electron chi connectivity index (χ3n) is 7.55. The number of benzene rings is 3. The Morgan fingerprint density at radius 2 is 1.84 bits per heavy atom. The Morgan fingerprint density at radius 3 is 2.59 bits per heavy atom. The third-order valence-corrected chi connectivity index (χ3v) is 7.55. The number of methoxy groups -OCH3 is 1. The van der Waals surface area contributed by atoms with E-state index < -0.39 is 11.8 Å². The van der Waals surface area contributed by atoms with Gasteiger partial charge < -0.3 is 19.1 Å². The normalized spacial score (nSPS) is 13.2. The lowest BCUT2D eigenvalue weighted by Crippen LogP contribution is -2.10. The number of allylic oxidation sites excluding steroid dienone is 1. The van der Waals surface area contributed by atoms with Gasteiger partial charge >= 0.3 is 5.97 Å². The van der Waals surface area contributed by atoms with Crippen LogP contribution in [0.3, 0.4) is 0 Å². The van der Waals surface area contributed by atoms with E-state index in [1.807, 2.05) is 16.7 Å². The summed E-state index contributed by atoms with van der Waals surface area (Å²) in [5.74, 6) is -0.377. The van der Waals surface area contributed by atoms with Crippen LogP contribution in [0.15, 0.2) is 78.9 Å². The largest absolute Gasteiger partial charge is 0.478 e. The lowest BCUT2D eigenvalue weighted by Gasteiger charge is -2.12. The highest BCUT2D eigenvalue weighted by Gasteiger charge is 2.17. The molecule has 7 nitrogen and oxygen atoms in total. The van der Waals surface area contributed by atoms with Crippen molar-refractivity contribution in [3.05, 3.63) is 125 Å². The van der Waals surface area contributed by atoms with Crippen LogP contribution in [0.5, 0.6) is 5.88 Å². The molecule has 1 N–H and O–H groups in total. The summed E-state index contributed by atoms with van der Waals surface area (Å²) in [6, 6.07) is 19.7. The molecule has 0 bridgehead atoms. The molecule has 6 rings (SSSR count). The van der Waals surface area contributed by atoms with E-state index in [2.05, 4.69) is 16.0 Å². The van der Waals surface area contributed by atoms with Crippen molar-refractivity contribution in [2.45, 2.75) is 32.4 Å². The van der Waals surface area contributed by atoms with Crippen molar-refractivity contribution in [1.29, 1.82) is 0 Å². The average molecular weight is 595 g/mol. The maximum absolute atomic E-state index is 15.4. The van der Waals surface area contributed by atoms with Gasteiger partial charge in [0.2, 0.25) is 5.88 Å². The predicted molar refractivity (Wildman–Crippen MR) is 161 cm³/mol. The first-order valence-electron chi connectivity index (χ1n) is 14.4. The Morgan fingerprint density at radius 1 is 1.02 bits per heavy atom. The van der Waals surface area contributed by atoms with Crippen molar-refractivity contribution in [3.8, 4) is 17.1 Å². The topological polar surface area (TPSA) is 86.5 Å². The van der Waals surface area contributed by atoms with Crippen molar-refractivity contribution in [3.63, 3.8) is 0 Å². The van der Waals surface area contributed by atoms with Crippen molar-refractivity contribution >= 4 is 17.0 Å². The van der Waals surface area contributed by atoms with Crippen LogP contribution in [0.25, 0.3) is 22.3 Å². The van der Waals surface area contributed by atoms with Gasteiger partial charge in [0.05, 0.1) is 34.7 Å². The fourth-order valence-electron chi connectivity index (χ4n) is 4.93. The first-order valence-corrected chi connectivity index (χ1v) is 14.4. The number of carboxylic acid groups (broad SMARTS) is 1. The molecule has 3 aromatic carbocycles. The molecule has 224 valence electrons. The van der Waals surface area contributed by atoms with Crippen LogP contribution in [0.2, 0.25) is 0 Å². The number of hydrogen-bond acceptors (Lipinski definition) is 5. The zero-order chi connectivity index (χ0) is 30.6. The number of aromatic nitrogens is 3. The number of rotatable bonds is 12. The Kier molecular flexibility index (Phi) is 8.47. The second-order valence-electron chi connectivity index (χ2n) is 10.8. The second-order valence-corrected chi connectivity index (χ2v) is 10.8. The summed E-state index contributed by atoms with van der Waals surface area (Å²) < 4.78 is 43.0. The molecule has 5 aromatic rings. The number of carboxylic acids is 1. The second kappa shape index (κ2) is 12.8. The van der Waals surface area contributed by atoms with E-state index in [4.69, 9.17) is 9.47 Å². The van der Waals surface area contributed by atoms with Crippen LogP contribution in [0, 0.1) is 23.6 Å². The van der Waals surface area contributed by atoms with Gasteiger partial charge in [0, 0.05) is 37.3 Å². The van der Waals surface area contributed by atoms with Crippen LogP contribution in [0.4, 0.5) is 8.78 Å². The standard InChI is InChI=1S/C35H30F2N3O4/c1-43-16-15-40-32-19-26(35(41)42)13-14-31(32)38-33(40)20-24-11-12-25(18-29(24)37)30-3-2-4-34(39-30)44-21-27-10-9-23(17-28(27)36)8-7-22-5-6-22/h2-4,7,9-14,17-19,22H,5-6,15-16,20-21H2,1H3,(H,41,42)/q-1. The van der Waals surface area contributed by atoms with E-state index in [0.717, 1.165) is 0 Å². The van der Waals surface area contributed by atoms with Gasteiger partial charge in [0.25, 0.3) is 0 Å². The molecule has 1 aliphatic carbocycles. The molecule has 0 amide bonds. The zero-order valence-corrected chi connectivity index (χ0v) is 24.1. The van der Waals surface area contributed by atoms with Crippen LogP contribution in [-0.4, -0.2) is 39.3 Å². The zero-order valence-electron chi connectivity index (χ0n) is 24.1. The monoisotopic (exact) mass is 594 g/mol. The number of fused-ring (bicyclic) bond motifs is 1. The molecule has 9 heteroatoms. The molecule has 0 aliphatic heterocycles. The summed E-state index contributed by atoms with van der Waals surface area (Å²) >= 11 is 0. The molecular weight excluding hydrogens is 564 g/mol. The molecule has 1 aliphatic rings. The van der Waals surface area contributed by atoms with Gasteiger partial charge in [-0.2, -0.15) is 17.7 Å². The predicted octanol–water partition coefficient (Wildman–Crippen LogP) is 7.01. The number of carbonyl (C=O) groups is 1. The van der Waals surface area contributed by atoms with E-state index in [1.165, 1.54) is 31.0 Å². The Bertz CT molecular complexity index is 1860. The minimum atomic E-state index is -1.03. The molecular formula is C35H30F2N3O4-. The van der Waals surface area contributed by atoms with E-state index in [1.54, 1.807) is 55.6 Å². The Balaban J connectivity index is 1.17. The average Bonchev–Trinajstić information content (AvgIpc) is 3.79. The highest BCUT2D eigenvalue weighted by atomic mass is 19.1. The van der Waals surface area contributed by atoms with Gasteiger partial charge in [-0.25, -0.2) is 23.5 Å². The van der Waals surface area contributed by atoms with Gasteiger partial charge in [-0.15, -0.1) is 18.2 Å². The number of aromatic carboxylic acids is 1. The summed E-state index contributed by atoms with van der Waals surface area (Å²) in [5, 5.41) is 9.43. The molecule has 0 saturated heterocycles. The summed E-state index contributed by atoms with van der Waals surface area (Å²) in [6.45, 7) is 0.821. The summed E-state index contributed by atoms with van der Waals surface area (Å²) in [6.07, 6.45) is 7.67. The van der Waals surface area contributed by atoms with Crippen LogP contribution in [0.1, 0.15) is 45.7 Å². The van der Waals surface area contributed by atoms with Crippen molar-refractivity contribution < 1.29 is 28.2 Å². The van der Waals surface area contributed by atoms with Gasteiger partial charge in [-0.1, -0.05) is 18.2 Å². The molecule has 0 unspecified atom stereocenters. The highest BCUT2D eigenvalue weighted by Crippen LogP contribution is 2.30. The van der Waals surface area contributed by atoms with Gasteiger partial charge in [-0.05, 0) is 54.7 Å². The summed E-state index contributed by atoms with van der Waals surface area (Å²) in [4.78, 5) is 20.7. The van der Waals surface area contributed by atoms with Crippen LogP contribution in [-0.2, 0) is 24.3 Å². The third kappa shape index (κ3) is 6.68. The highest BCUT2D eigenvalue weighted by molar-refractivity contribution is 5.92. The molecule has 2 heterocycles. The van der Waals surface area contributed by atoms with Crippen molar-refractivity contribution in [1.82, 2.24) is 14.5 Å². The molecule has 0 radical (unpaired) electrons. The first kappa shape index (κ1) is 29.2. The number of hydrogen-bond donors (Lipinski definition) is 1. The lowest BCUT2D eigenvalue weighted by atomic mass is 10.1. The molecule has 2 aromatic heterocycles.